The molecule has 1 aliphatic heterocycles. The van der Waals surface area contributed by atoms with Crippen LogP contribution < -0.4 is 4.90 Å². The first kappa shape index (κ1) is 20.0. The van der Waals surface area contributed by atoms with Gasteiger partial charge in [-0.3, -0.25) is 9.69 Å². The molecule has 9 heteroatoms. The van der Waals surface area contributed by atoms with Crippen LogP contribution in [-0.2, 0) is 11.0 Å². The highest BCUT2D eigenvalue weighted by Crippen LogP contribution is 2.29. The second kappa shape index (κ2) is 8.85. The maximum absolute atomic E-state index is 12.6. The molecule has 0 radical (unpaired) electrons. The highest BCUT2D eigenvalue weighted by Gasteiger charge is 2.31. The molecule has 1 saturated heterocycles. The number of nitrogens with zero attached hydrogens (tertiary/aromatic N) is 5. The SMILES string of the molecule is CN(CCC#N)C(=O)CN1CCCN(c2ccc(C(F)(F)F)cn2)CC1. The molecule has 1 aromatic heterocycles. The van der Waals surface area contributed by atoms with Crippen LogP contribution in [0.15, 0.2) is 18.3 Å². The largest absolute Gasteiger partial charge is 0.417 e. The van der Waals surface area contributed by atoms with Crippen molar-refractivity contribution in [3.63, 3.8) is 0 Å². The predicted octanol–water partition coefficient (Wildman–Crippen LogP) is 1.98. The standard InChI is InChI=1S/C17H22F3N5O/c1-23(7-2-6-21)16(26)13-24-8-3-9-25(11-10-24)15-5-4-14(12-22-15)17(18,19)20/h4-5,12H,2-3,7-11,13H2,1H3. The number of aromatic nitrogens is 1. The number of carbonyl (C=O) groups is 1. The van der Waals surface area contributed by atoms with Crippen molar-refractivity contribution in [2.45, 2.75) is 19.0 Å². The minimum absolute atomic E-state index is 0.0404. The lowest BCUT2D eigenvalue weighted by molar-refractivity contribution is -0.137. The number of amides is 1. The van der Waals surface area contributed by atoms with E-state index in [0.29, 0.717) is 38.4 Å². The van der Waals surface area contributed by atoms with E-state index < -0.39 is 11.7 Å². The Balaban J connectivity index is 1.90. The van der Waals surface area contributed by atoms with Crippen molar-refractivity contribution in [1.82, 2.24) is 14.8 Å². The summed E-state index contributed by atoms with van der Waals surface area (Å²) in [7, 11) is 1.68. The summed E-state index contributed by atoms with van der Waals surface area (Å²) in [6.07, 6.45) is -2.45. The highest BCUT2D eigenvalue weighted by atomic mass is 19.4. The Morgan fingerprint density at radius 2 is 2.08 bits per heavy atom. The second-order valence-electron chi connectivity index (χ2n) is 6.24. The number of carbonyl (C=O) groups excluding carboxylic acids is 1. The van der Waals surface area contributed by atoms with Crippen molar-refractivity contribution >= 4 is 11.7 Å². The number of pyridine rings is 1. The molecule has 0 atom stereocenters. The van der Waals surface area contributed by atoms with Gasteiger partial charge in [-0.05, 0) is 18.6 Å². The van der Waals surface area contributed by atoms with Gasteiger partial charge >= 0.3 is 6.18 Å². The van der Waals surface area contributed by atoms with Crippen molar-refractivity contribution in [2.24, 2.45) is 0 Å². The van der Waals surface area contributed by atoms with Crippen molar-refractivity contribution in [3.8, 4) is 6.07 Å². The van der Waals surface area contributed by atoms with Crippen molar-refractivity contribution < 1.29 is 18.0 Å². The van der Waals surface area contributed by atoms with Gasteiger partial charge in [0.25, 0.3) is 0 Å². The molecule has 6 nitrogen and oxygen atoms in total. The zero-order valence-corrected chi connectivity index (χ0v) is 14.7. The number of hydrogen-bond donors (Lipinski definition) is 0. The summed E-state index contributed by atoms with van der Waals surface area (Å²) >= 11 is 0. The van der Waals surface area contributed by atoms with Gasteiger partial charge in [-0.15, -0.1) is 0 Å². The number of halogens is 3. The second-order valence-corrected chi connectivity index (χ2v) is 6.24. The summed E-state index contributed by atoms with van der Waals surface area (Å²) in [6.45, 7) is 3.30. The quantitative estimate of drug-likeness (QED) is 0.794. The lowest BCUT2D eigenvalue weighted by Gasteiger charge is -2.24. The van der Waals surface area contributed by atoms with Crippen LogP contribution in [0.5, 0.6) is 0 Å². The van der Waals surface area contributed by atoms with E-state index in [2.05, 4.69) is 4.98 Å². The Morgan fingerprint density at radius 1 is 1.31 bits per heavy atom. The molecule has 1 aromatic rings. The van der Waals surface area contributed by atoms with Gasteiger partial charge in [0.2, 0.25) is 5.91 Å². The Kier molecular flexibility index (Phi) is 6.80. The number of rotatable bonds is 5. The minimum Gasteiger partial charge on any atom is -0.355 e. The molecule has 142 valence electrons. The molecule has 0 unspecified atom stereocenters. The number of hydrogen-bond acceptors (Lipinski definition) is 5. The average molecular weight is 369 g/mol. The van der Waals surface area contributed by atoms with E-state index in [-0.39, 0.29) is 12.5 Å². The normalized spacial score (nSPS) is 16.0. The maximum atomic E-state index is 12.6. The van der Waals surface area contributed by atoms with Crippen LogP contribution in [0.3, 0.4) is 0 Å². The molecule has 1 amide bonds. The third-order valence-corrected chi connectivity index (χ3v) is 4.33. The number of nitriles is 1. The van der Waals surface area contributed by atoms with E-state index in [0.717, 1.165) is 25.2 Å². The van der Waals surface area contributed by atoms with Crippen LogP contribution >= 0.6 is 0 Å². The Labute approximate surface area is 150 Å². The van der Waals surface area contributed by atoms with E-state index >= 15 is 0 Å². The predicted molar refractivity (Wildman–Crippen MR) is 90.4 cm³/mol. The molecule has 0 aliphatic carbocycles. The summed E-state index contributed by atoms with van der Waals surface area (Å²) in [5.74, 6) is 0.471. The number of anilines is 1. The molecule has 1 fully saturated rings. The van der Waals surface area contributed by atoms with Crippen LogP contribution in [0, 0.1) is 11.3 Å². The fourth-order valence-corrected chi connectivity index (χ4v) is 2.75. The third-order valence-electron chi connectivity index (χ3n) is 4.33. The third kappa shape index (κ3) is 5.59. The van der Waals surface area contributed by atoms with Crippen LogP contribution in [0.2, 0.25) is 0 Å². The molecule has 0 spiro atoms. The first-order chi connectivity index (χ1) is 12.3. The van der Waals surface area contributed by atoms with Crippen LogP contribution in [0.4, 0.5) is 19.0 Å². The summed E-state index contributed by atoms with van der Waals surface area (Å²) in [6, 6.07) is 4.44. The van der Waals surface area contributed by atoms with E-state index in [1.165, 1.54) is 6.07 Å². The van der Waals surface area contributed by atoms with Gasteiger partial charge in [-0.25, -0.2) is 4.98 Å². The fraction of sp³-hybridized carbons (Fsp3) is 0.588. The first-order valence-electron chi connectivity index (χ1n) is 8.42. The fourth-order valence-electron chi connectivity index (χ4n) is 2.75. The van der Waals surface area contributed by atoms with Gasteiger partial charge in [-0.2, -0.15) is 18.4 Å². The van der Waals surface area contributed by atoms with Crippen LogP contribution in [-0.4, -0.2) is 67.0 Å². The van der Waals surface area contributed by atoms with Crippen LogP contribution in [0.1, 0.15) is 18.4 Å². The Morgan fingerprint density at radius 3 is 2.69 bits per heavy atom. The van der Waals surface area contributed by atoms with Crippen LogP contribution in [0.25, 0.3) is 0 Å². The average Bonchev–Trinajstić information content (AvgIpc) is 2.84. The topological polar surface area (TPSA) is 63.5 Å². The number of alkyl halides is 3. The van der Waals surface area contributed by atoms with Crippen molar-refractivity contribution in [1.29, 1.82) is 5.26 Å². The highest BCUT2D eigenvalue weighted by molar-refractivity contribution is 5.78. The zero-order valence-electron chi connectivity index (χ0n) is 14.7. The Bertz CT molecular complexity index is 641. The minimum atomic E-state index is -4.39. The van der Waals surface area contributed by atoms with E-state index in [1.54, 1.807) is 11.9 Å². The van der Waals surface area contributed by atoms with Crippen molar-refractivity contribution in [3.05, 3.63) is 23.9 Å². The van der Waals surface area contributed by atoms with Gasteiger partial charge in [0, 0.05) is 46.0 Å². The van der Waals surface area contributed by atoms with Gasteiger partial charge in [0.15, 0.2) is 0 Å². The lowest BCUT2D eigenvalue weighted by Crippen LogP contribution is -2.40. The van der Waals surface area contributed by atoms with E-state index in [9.17, 15) is 18.0 Å². The molecule has 2 heterocycles. The molecular formula is C17H22F3N5O. The Hall–Kier alpha value is -2.34. The summed E-state index contributed by atoms with van der Waals surface area (Å²) < 4.78 is 37.9. The number of likely N-dealkylation sites (N-methyl/N-ethyl adjacent to an activating group) is 1. The molecule has 2 rings (SSSR count). The molecule has 26 heavy (non-hydrogen) atoms. The molecule has 1 aliphatic rings. The zero-order chi connectivity index (χ0) is 19.2. The summed E-state index contributed by atoms with van der Waals surface area (Å²) in [5, 5.41) is 8.58. The summed E-state index contributed by atoms with van der Waals surface area (Å²) in [5.41, 5.74) is -0.760. The molecular weight excluding hydrogens is 347 g/mol. The molecule has 0 aromatic carbocycles. The van der Waals surface area contributed by atoms with E-state index in [4.69, 9.17) is 5.26 Å². The monoisotopic (exact) mass is 369 g/mol. The maximum Gasteiger partial charge on any atom is 0.417 e. The smallest absolute Gasteiger partial charge is 0.355 e. The molecule has 0 saturated carbocycles. The van der Waals surface area contributed by atoms with Gasteiger partial charge < -0.3 is 9.80 Å². The molecule has 0 bridgehead atoms. The van der Waals surface area contributed by atoms with Gasteiger partial charge in [-0.1, -0.05) is 0 Å². The van der Waals surface area contributed by atoms with Crippen molar-refractivity contribution in [2.75, 3.05) is 51.2 Å². The van der Waals surface area contributed by atoms with E-state index in [1.807, 2.05) is 15.9 Å². The van der Waals surface area contributed by atoms with Gasteiger partial charge in [0.05, 0.1) is 24.6 Å². The summed E-state index contributed by atoms with van der Waals surface area (Å²) in [4.78, 5) is 21.6. The first-order valence-corrected chi connectivity index (χ1v) is 8.42. The van der Waals surface area contributed by atoms with Gasteiger partial charge in [0.1, 0.15) is 5.82 Å². The lowest BCUT2D eigenvalue weighted by atomic mass is 10.2. The molecule has 0 N–H and O–H groups in total.